The Morgan fingerprint density at radius 2 is 2.00 bits per heavy atom. The standard InChI is InChI=1S/C7H15NO/c8-5-6-3-1-2-4-7(6)9/h6-7,9H,1-5,8H2/t6-,7-/m0/s1. The van der Waals surface area contributed by atoms with Crippen molar-refractivity contribution in [3.05, 3.63) is 0 Å². The fourth-order valence-corrected chi connectivity index (χ4v) is 1.46. The van der Waals surface area contributed by atoms with Crippen LogP contribution in [0, 0.1) is 5.92 Å². The van der Waals surface area contributed by atoms with Crippen LogP contribution in [0.15, 0.2) is 0 Å². The Morgan fingerprint density at radius 1 is 1.33 bits per heavy atom. The highest BCUT2D eigenvalue weighted by atomic mass is 16.3. The zero-order chi connectivity index (χ0) is 6.69. The van der Waals surface area contributed by atoms with Gasteiger partial charge in [-0.3, -0.25) is 0 Å². The Kier molecular flexibility index (Phi) is 2.49. The van der Waals surface area contributed by atoms with Gasteiger partial charge in [-0.1, -0.05) is 12.8 Å². The first-order chi connectivity index (χ1) is 4.34. The quantitative estimate of drug-likeness (QED) is 0.541. The molecule has 1 rings (SSSR count). The van der Waals surface area contributed by atoms with Crippen molar-refractivity contribution >= 4 is 0 Å². The molecule has 2 heteroatoms. The van der Waals surface area contributed by atoms with Gasteiger partial charge in [0.15, 0.2) is 0 Å². The van der Waals surface area contributed by atoms with Crippen molar-refractivity contribution in [2.75, 3.05) is 6.54 Å². The largest absolute Gasteiger partial charge is 0.393 e. The fourth-order valence-electron chi connectivity index (χ4n) is 1.46. The molecule has 3 N–H and O–H groups in total. The molecule has 0 spiro atoms. The lowest BCUT2D eigenvalue weighted by Gasteiger charge is -2.25. The molecule has 1 aliphatic carbocycles. The van der Waals surface area contributed by atoms with Crippen molar-refractivity contribution in [2.45, 2.75) is 31.8 Å². The minimum Gasteiger partial charge on any atom is -0.393 e. The van der Waals surface area contributed by atoms with Crippen molar-refractivity contribution in [2.24, 2.45) is 11.7 Å². The van der Waals surface area contributed by atoms with E-state index >= 15 is 0 Å². The van der Waals surface area contributed by atoms with Crippen LogP contribution in [0.5, 0.6) is 0 Å². The second-order valence-electron chi connectivity index (χ2n) is 2.85. The summed E-state index contributed by atoms with van der Waals surface area (Å²) in [6.45, 7) is 0.654. The van der Waals surface area contributed by atoms with Crippen molar-refractivity contribution in [3.63, 3.8) is 0 Å². The zero-order valence-electron chi connectivity index (χ0n) is 5.71. The third kappa shape index (κ3) is 1.66. The molecule has 0 unspecified atom stereocenters. The van der Waals surface area contributed by atoms with E-state index in [1.54, 1.807) is 0 Å². The van der Waals surface area contributed by atoms with Crippen LogP contribution in [0.3, 0.4) is 0 Å². The Bertz CT molecular complexity index is 85.0. The number of hydrogen-bond donors (Lipinski definition) is 2. The Morgan fingerprint density at radius 3 is 2.44 bits per heavy atom. The van der Waals surface area contributed by atoms with Crippen molar-refractivity contribution in [3.8, 4) is 0 Å². The van der Waals surface area contributed by atoms with E-state index in [1.807, 2.05) is 0 Å². The minimum absolute atomic E-state index is 0.108. The SMILES string of the molecule is NC[C@@H]1CCCC[C@@H]1O. The number of nitrogens with two attached hydrogens (primary N) is 1. The highest BCUT2D eigenvalue weighted by molar-refractivity contribution is 4.74. The first kappa shape index (κ1) is 7.03. The van der Waals surface area contributed by atoms with E-state index in [-0.39, 0.29) is 6.10 Å². The Hall–Kier alpha value is -0.0800. The van der Waals surface area contributed by atoms with Crippen LogP contribution in [0.1, 0.15) is 25.7 Å². The highest BCUT2D eigenvalue weighted by Crippen LogP contribution is 2.22. The van der Waals surface area contributed by atoms with Gasteiger partial charge in [0.2, 0.25) is 0 Å². The van der Waals surface area contributed by atoms with E-state index in [4.69, 9.17) is 5.73 Å². The van der Waals surface area contributed by atoms with Gasteiger partial charge in [0.1, 0.15) is 0 Å². The van der Waals surface area contributed by atoms with Gasteiger partial charge in [0.25, 0.3) is 0 Å². The lowest BCUT2D eigenvalue weighted by Crippen LogP contribution is -2.30. The van der Waals surface area contributed by atoms with Crippen LogP contribution in [-0.4, -0.2) is 17.8 Å². The Balaban J connectivity index is 2.30. The van der Waals surface area contributed by atoms with Crippen molar-refractivity contribution in [1.29, 1.82) is 0 Å². The summed E-state index contributed by atoms with van der Waals surface area (Å²) < 4.78 is 0. The predicted octanol–water partition coefficient (Wildman–Crippen LogP) is 0.496. The molecule has 2 nitrogen and oxygen atoms in total. The molecule has 1 saturated carbocycles. The van der Waals surface area contributed by atoms with Crippen LogP contribution in [0.2, 0.25) is 0 Å². The van der Waals surface area contributed by atoms with E-state index in [1.165, 1.54) is 12.8 Å². The van der Waals surface area contributed by atoms with Crippen molar-refractivity contribution in [1.82, 2.24) is 0 Å². The molecule has 0 aliphatic heterocycles. The van der Waals surface area contributed by atoms with Crippen LogP contribution in [0.25, 0.3) is 0 Å². The van der Waals surface area contributed by atoms with Gasteiger partial charge in [-0.15, -0.1) is 0 Å². The molecule has 1 aliphatic rings. The van der Waals surface area contributed by atoms with E-state index in [9.17, 15) is 5.11 Å². The molecule has 9 heavy (non-hydrogen) atoms. The van der Waals surface area contributed by atoms with Gasteiger partial charge in [-0.25, -0.2) is 0 Å². The summed E-state index contributed by atoms with van der Waals surface area (Å²) in [5.41, 5.74) is 5.43. The summed E-state index contributed by atoms with van der Waals surface area (Å²) >= 11 is 0. The van der Waals surface area contributed by atoms with E-state index < -0.39 is 0 Å². The van der Waals surface area contributed by atoms with E-state index in [2.05, 4.69) is 0 Å². The average molecular weight is 129 g/mol. The molecule has 0 saturated heterocycles. The Labute approximate surface area is 56.1 Å². The van der Waals surface area contributed by atoms with Gasteiger partial charge in [-0.05, 0) is 25.3 Å². The summed E-state index contributed by atoms with van der Waals surface area (Å²) in [7, 11) is 0. The molecular weight excluding hydrogens is 114 g/mol. The lowest BCUT2D eigenvalue weighted by atomic mass is 9.87. The molecule has 1 fully saturated rings. The summed E-state index contributed by atoms with van der Waals surface area (Å²) in [6, 6.07) is 0. The van der Waals surface area contributed by atoms with Gasteiger partial charge < -0.3 is 10.8 Å². The molecule has 0 aromatic carbocycles. The lowest BCUT2D eigenvalue weighted by molar-refractivity contribution is 0.0743. The maximum atomic E-state index is 9.29. The van der Waals surface area contributed by atoms with Crippen LogP contribution < -0.4 is 5.73 Å². The first-order valence-electron chi connectivity index (χ1n) is 3.72. The average Bonchev–Trinajstić information content (AvgIpc) is 1.89. The zero-order valence-corrected chi connectivity index (χ0v) is 5.71. The maximum absolute atomic E-state index is 9.29. The maximum Gasteiger partial charge on any atom is 0.0580 e. The van der Waals surface area contributed by atoms with E-state index in [0.29, 0.717) is 12.5 Å². The fraction of sp³-hybridized carbons (Fsp3) is 1.00. The number of rotatable bonds is 1. The minimum atomic E-state index is -0.108. The molecular formula is C7H15NO. The summed E-state index contributed by atoms with van der Waals surface area (Å²) in [5.74, 6) is 0.388. The summed E-state index contributed by atoms with van der Waals surface area (Å²) in [6.07, 6.45) is 4.40. The predicted molar refractivity (Wildman–Crippen MR) is 37.0 cm³/mol. The van der Waals surface area contributed by atoms with Crippen molar-refractivity contribution < 1.29 is 5.11 Å². The molecule has 0 aromatic rings. The highest BCUT2D eigenvalue weighted by Gasteiger charge is 2.20. The molecule has 2 atom stereocenters. The van der Waals surface area contributed by atoms with Gasteiger partial charge >= 0.3 is 0 Å². The van der Waals surface area contributed by atoms with E-state index in [0.717, 1.165) is 12.8 Å². The smallest absolute Gasteiger partial charge is 0.0580 e. The van der Waals surface area contributed by atoms with Crippen LogP contribution in [0.4, 0.5) is 0 Å². The number of aliphatic hydroxyl groups excluding tert-OH is 1. The third-order valence-electron chi connectivity index (χ3n) is 2.17. The normalized spacial score (nSPS) is 36.7. The van der Waals surface area contributed by atoms with Crippen LogP contribution in [-0.2, 0) is 0 Å². The second kappa shape index (κ2) is 3.18. The first-order valence-corrected chi connectivity index (χ1v) is 3.72. The molecule has 0 amide bonds. The van der Waals surface area contributed by atoms with Crippen LogP contribution >= 0.6 is 0 Å². The number of aliphatic hydroxyl groups is 1. The molecule has 0 heterocycles. The number of hydrogen-bond acceptors (Lipinski definition) is 2. The summed E-state index contributed by atoms with van der Waals surface area (Å²) in [4.78, 5) is 0. The van der Waals surface area contributed by atoms with Gasteiger partial charge in [0, 0.05) is 0 Å². The molecule has 0 radical (unpaired) electrons. The monoisotopic (exact) mass is 129 g/mol. The second-order valence-corrected chi connectivity index (χ2v) is 2.85. The third-order valence-corrected chi connectivity index (χ3v) is 2.17. The molecule has 54 valence electrons. The van der Waals surface area contributed by atoms with Gasteiger partial charge in [-0.2, -0.15) is 0 Å². The summed E-state index contributed by atoms with van der Waals surface area (Å²) in [5, 5.41) is 9.29. The topological polar surface area (TPSA) is 46.2 Å². The molecule has 0 bridgehead atoms. The molecule has 0 aromatic heterocycles. The van der Waals surface area contributed by atoms with Gasteiger partial charge in [0.05, 0.1) is 6.10 Å².